The largest absolute Gasteiger partial charge is 0.354 e. The van der Waals surface area contributed by atoms with Gasteiger partial charge in [0.1, 0.15) is 6.04 Å². The van der Waals surface area contributed by atoms with Crippen LogP contribution in [-0.2, 0) is 32.5 Å². The first kappa shape index (κ1) is 24.4. The molecule has 2 aromatic carbocycles. The van der Waals surface area contributed by atoms with Crippen LogP contribution in [-0.4, -0.2) is 50.2 Å². The van der Waals surface area contributed by atoms with Gasteiger partial charge < -0.3 is 5.32 Å². The van der Waals surface area contributed by atoms with E-state index in [1.54, 1.807) is 25.1 Å². The second-order valence-electron chi connectivity index (χ2n) is 9.12. The van der Waals surface area contributed by atoms with E-state index in [0.717, 1.165) is 30.4 Å². The average molecular weight is 484 g/mol. The third kappa shape index (κ3) is 5.03. The van der Waals surface area contributed by atoms with Gasteiger partial charge in [-0.2, -0.15) is 4.31 Å². The molecule has 7 nitrogen and oxygen atoms in total. The van der Waals surface area contributed by atoms with Gasteiger partial charge in [-0.3, -0.25) is 14.5 Å². The third-order valence-electron chi connectivity index (χ3n) is 6.70. The van der Waals surface area contributed by atoms with Crippen molar-refractivity contribution in [2.75, 3.05) is 24.5 Å². The van der Waals surface area contributed by atoms with E-state index in [1.807, 2.05) is 31.2 Å². The fourth-order valence-electron chi connectivity index (χ4n) is 4.73. The molecule has 0 aromatic heterocycles. The topological polar surface area (TPSA) is 86.8 Å². The molecule has 0 bridgehead atoms. The maximum absolute atomic E-state index is 13.1. The van der Waals surface area contributed by atoms with Crippen molar-refractivity contribution in [3.8, 4) is 0 Å². The maximum Gasteiger partial charge on any atom is 0.243 e. The van der Waals surface area contributed by atoms with Crippen LogP contribution < -0.4 is 10.2 Å². The highest BCUT2D eigenvalue weighted by Gasteiger charge is 2.38. The molecule has 2 amide bonds. The molecule has 1 N–H and O–H groups in total. The van der Waals surface area contributed by atoms with E-state index in [-0.39, 0.29) is 23.1 Å². The first-order chi connectivity index (χ1) is 16.3. The van der Waals surface area contributed by atoms with Crippen molar-refractivity contribution >= 4 is 27.5 Å². The molecule has 2 heterocycles. The first-order valence-corrected chi connectivity index (χ1v) is 13.5. The molecule has 182 valence electrons. The normalized spacial score (nSPS) is 18.5. The van der Waals surface area contributed by atoms with Crippen molar-refractivity contribution < 1.29 is 18.0 Å². The van der Waals surface area contributed by atoms with Crippen LogP contribution in [0, 0.1) is 6.92 Å². The Labute approximate surface area is 202 Å². The van der Waals surface area contributed by atoms with E-state index in [9.17, 15) is 18.0 Å². The highest BCUT2D eigenvalue weighted by Crippen LogP contribution is 2.35. The number of nitrogens with one attached hydrogen (secondary N) is 1. The zero-order valence-corrected chi connectivity index (χ0v) is 20.7. The van der Waals surface area contributed by atoms with Crippen molar-refractivity contribution in [3.05, 3.63) is 59.2 Å². The predicted molar refractivity (Wildman–Crippen MR) is 132 cm³/mol. The van der Waals surface area contributed by atoms with Crippen molar-refractivity contribution in [1.29, 1.82) is 0 Å². The summed E-state index contributed by atoms with van der Waals surface area (Å²) < 4.78 is 27.8. The lowest BCUT2D eigenvalue weighted by Crippen LogP contribution is -2.48. The van der Waals surface area contributed by atoms with Crippen molar-refractivity contribution in [2.45, 2.75) is 63.3 Å². The molecule has 0 radical (unpaired) electrons. The van der Waals surface area contributed by atoms with Gasteiger partial charge in [0, 0.05) is 38.2 Å². The molecule has 0 spiro atoms. The number of hydrogen-bond donors (Lipinski definition) is 1. The Morgan fingerprint density at radius 1 is 1.03 bits per heavy atom. The lowest BCUT2D eigenvalue weighted by atomic mass is 10.1. The minimum Gasteiger partial charge on any atom is -0.354 e. The van der Waals surface area contributed by atoms with Gasteiger partial charge in [0.05, 0.1) is 4.90 Å². The first-order valence-electron chi connectivity index (χ1n) is 12.1. The summed E-state index contributed by atoms with van der Waals surface area (Å²) in [6.07, 6.45) is 4.05. The molecule has 1 saturated heterocycles. The molecular formula is C26H33N3O4S. The number of piperidine rings is 1. The summed E-state index contributed by atoms with van der Waals surface area (Å²) in [5, 5.41) is 2.97. The molecule has 34 heavy (non-hydrogen) atoms. The summed E-state index contributed by atoms with van der Waals surface area (Å²) in [7, 11) is -3.58. The van der Waals surface area contributed by atoms with Crippen LogP contribution in [0.15, 0.2) is 47.4 Å². The number of amides is 2. The second-order valence-corrected chi connectivity index (χ2v) is 11.1. The van der Waals surface area contributed by atoms with Gasteiger partial charge in [0.25, 0.3) is 0 Å². The molecule has 1 fully saturated rings. The lowest BCUT2D eigenvalue weighted by molar-refractivity contribution is -0.126. The fraction of sp³-hybridized carbons (Fsp3) is 0.462. The van der Waals surface area contributed by atoms with Crippen LogP contribution in [0.2, 0.25) is 0 Å². The second kappa shape index (κ2) is 10.3. The number of rotatable bonds is 7. The van der Waals surface area contributed by atoms with Gasteiger partial charge in [0.15, 0.2) is 0 Å². The summed E-state index contributed by atoms with van der Waals surface area (Å²) >= 11 is 0. The van der Waals surface area contributed by atoms with Gasteiger partial charge >= 0.3 is 0 Å². The fourth-order valence-corrected chi connectivity index (χ4v) is 6.30. The number of carbonyl (C=O) groups is 2. The number of anilines is 1. The number of benzene rings is 2. The van der Waals surface area contributed by atoms with Crippen LogP contribution in [0.1, 0.15) is 49.3 Å². The van der Waals surface area contributed by atoms with Crippen molar-refractivity contribution in [3.63, 3.8) is 0 Å². The molecule has 2 aromatic rings. The summed E-state index contributed by atoms with van der Waals surface area (Å²) in [5.41, 5.74) is 3.67. The van der Waals surface area contributed by atoms with Crippen molar-refractivity contribution in [1.82, 2.24) is 9.62 Å². The molecule has 2 aliphatic rings. The molecule has 2 aliphatic heterocycles. The maximum atomic E-state index is 13.1. The number of nitrogens with zero attached hydrogens (tertiary/aromatic N) is 2. The summed E-state index contributed by atoms with van der Waals surface area (Å²) in [4.78, 5) is 27.6. The van der Waals surface area contributed by atoms with Gasteiger partial charge in [-0.1, -0.05) is 43.2 Å². The molecule has 8 heteroatoms. The SMILES string of the molecule is CCC(=O)N1c2ccc(S(=O)(=O)N3CCCCC3)cc2C[C@@H]1C(=O)NCCc1ccc(C)cc1. The molecule has 1 atom stereocenters. The monoisotopic (exact) mass is 483 g/mol. The minimum absolute atomic E-state index is 0.149. The van der Waals surface area contributed by atoms with Gasteiger partial charge in [0.2, 0.25) is 21.8 Å². The highest BCUT2D eigenvalue weighted by atomic mass is 32.2. The zero-order valence-electron chi connectivity index (χ0n) is 19.9. The Morgan fingerprint density at radius 3 is 2.41 bits per heavy atom. The number of carbonyl (C=O) groups excluding carboxylic acids is 2. The van der Waals surface area contributed by atoms with Crippen LogP contribution in [0.25, 0.3) is 0 Å². The van der Waals surface area contributed by atoms with Crippen LogP contribution >= 0.6 is 0 Å². The van der Waals surface area contributed by atoms with Crippen LogP contribution in [0.3, 0.4) is 0 Å². The molecule has 4 rings (SSSR count). The number of fused-ring (bicyclic) bond motifs is 1. The Balaban J connectivity index is 1.50. The predicted octanol–water partition coefficient (Wildman–Crippen LogP) is 3.20. The van der Waals surface area contributed by atoms with E-state index in [2.05, 4.69) is 5.32 Å². The van der Waals surface area contributed by atoms with Crippen LogP contribution in [0.4, 0.5) is 5.69 Å². The summed E-state index contributed by atoms with van der Waals surface area (Å²) in [5.74, 6) is -0.366. The Hall–Kier alpha value is -2.71. The molecule has 0 saturated carbocycles. The van der Waals surface area contributed by atoms with E-state index in [0.29, 0.717) is 38.2 Å². The molecular weight excluding hydrogens is 450 g/mol. The molecule has 0 unspecified atom stereocenters. The van der Waals surface area contributed by atoms with E-state index < -0.39 is 16.1 Å². The summed E-state index contributed by atoms with van der Waals surface area (Å²) in [6, 6.07) is 12.4. The summed E-state index contributed by atoms with van der Waals surface area (Å²) in [6.45, 7) is 5.34. The Morgan fingerprint density at radius 2 is 1.74 bits per heavy atom. The lowest BCUT2D eigenvalue weighted by Gasteiger charge is -2.26. The third-order valence-corrected chi connectivity index (χ3v) is 8.59. The van der Waals surface area contributed by atoms with Gasteiger partial charge in [-0.05, 0) is 55.5 Å². The van der Waals surface area contributed by atoms with Crippen LogP contribution in [0.5, 0.6) is 0 Å². The highest BCUT2D eigenvalue weighted by molar-refractivity contribution is 7.89. The minimum atomic E-state index is -3.58. The van der Waals surface area contributed by atoms with E-state index >= 15 is 0 Å². The zero-order chi connectivity index (χ0) is 24.3. The number of aryl methyl sites for hydroxylation is 1. The molecule has 0 aliphatic carbocycles. The van der Waals surface area contributed by atoms with Gasteiger partial charge in [-0.15, -0.1) is 0 Å². The standard InChI is InChI=1S/C26H33N3O4S/c1-3-25(30)29-23-12-11-22(34(32,33)28-15-5-4-6-16-28)17-21(23)18-24(29)26(31)27-14-13-20-9-7-19(2)8-10-20/h7-12,17,24H,3-6,13-16,18H2,1-2H3,(H,27,31)/t24-/m1/s1. The Bertz CT molecular complexity index is 1160. The van der Waals surface area contributed by atoms with Gasteiger partial charge in [-0.25, -0.2) is 8.42 Å². The number of sulfonamides is 1. The van der Waals surface area contributed by atoms with Crippen molar-refractivity contribution in [2.24, 2.45) is 0 Å². The average Bonchev–Trinajstić information content (AvgIpc) is 3.24. The smallest absolute Gasteiger partial charge is 0.243 e. The Kier molecular flexibility index (Phi) is 7.38. The van der Waals surface area contributed by atoms with E-state index in [4.69, 9.17) is 0 Å². The number of hydrogen-bond acceptors (Lipinski definition) is 4. The van der Waals surface area contributed by atoms with E-state index in [1.165, 1.54) is 14.8 Å². The quantitative estimate of drug-likeness (QED) is 0.655.